The summed E-state index contributed by atoms with van der Waals surface area (Å²) in [7, 11) is 3.92. The highest BCUT2D eigenvalue weighted by Gasteiger charge is 2.27. The van der Waals surface area contributed by atoms with Crippen molar-refractivity contribution in [2.24, 2.45) is 5.92 Å². The smallest absolute Gasteiger partial charge is 0.246 e. The van der Waals surface area contributed by atoms with Crippen LogP contribution in [-0.2, 0) is 20.8 Å². The number of nitrogens with one attached hydrogen (secondary N) is 1. The van der Waals surface area contributed by atoms with Crippen LogP contribution in [0.15, 0.2) is 33.2 Å². The average molecular weight is 492 g/mol. The lowest BCUT2D eigenvalue weighted by atomic mass is 9.94. The lowest BCUT2D eigenvalue weighted by molar-refractivity contribution is -0.130. The zero-order chi connectivity index (χ0) is 24.0. The minimum absolute atomic E-state index is 0.0120. The molecule has 0 atom stereocenters. The fourth-order valence-electron chi connectivity index (χ4n) is 3.28. The predicted octanol–water partition coefficient (Wildman–Crippen LogP) is 4.02. The first-order valence-electron chi connectivity index (χ1n) is 11.1. The van der Waals surface area contributed by atoms with E-state index < -0.39 is 0 Å². The van der Waals surface area contributed by atoms with Crippen molar-refractivity contribution in [3.63, 3.8) is 0 Å². The Balaban J connectivity index is 1.43. The Labute approximate surface area is 203 Å². The molecule has 180 valence electrons. The van der Waals surface area contributed by atoms with Gasteiger partial charge in [-0.05, 0) is 26.9 Å². The van der Waals surface area contributed by atoms with E-state index in [2.05, 4.69) is 36.1 Å². The minimum atomic E-state index is -0.108. The van der Waals surface area contributed by atoms with E-state index in [4.69, 9.17) is 4.42 Å². The number of hydrogen-bond acceptors (Lipinski definition) is 8. The Morgan fingerprint density at radius 3 is 2.64 bits per heavy atom. The lowest BCUT2D eigenvalue weighted by Gasteiger charge is -2.30. The van der Waals surface area contributed by atoms with Gasteiger partial charge in [-0.2, -0.15) is 0 Å². The summed E-state index contributed by atoms with van der Waals surface area (Å²) in [6.07, 6.45) is 8.35. The van der Waals surface area contributed by atoms with Crippen LogP contribution in [0.3, 0.4) is 0 Å². The summed E-state index contributed by atoms with van der Waals surface area (Å²) in [5, 5.41) is 3.53. The first-order chi connectivity index (χ1) is 15.6. The van der Waals surface area contributed by atoms with Crippen molar-refractivity contribution in [3.8, 4) is 0 Å². The van der Waals surface area contributed by atoms with Crippen LogP contribution in [0.2, 0.25) is 0 Å². The van der Waals surface area contributed by atoms with Gasteiger partial charge in [0.1, 0.15) is 5.76 Å². The minimum Gasteiger partial charge on any atom is -0.444 e. The van der Waals surface area contributed by atoms with Crippen LogP contribution in [-0.4, -0.2) is 65.3 Å². The molecule has 1 aliphatic heterocycles. The monoisotopic (exact) mass is 491 g/mol. The zero-order valence-electron chi connectivity index (χ0n) is 20.0. The highest BCUT2D eigenvalue weighted by Crippen LogP contribution is 2.32. The average Bonchev–Trinajstić information content (AvgIpc) is 3.41. The Morgan fingerprint density at radius 1 is 1.27 bits per heavy atom. The number of likely N-dealkylation sites (tertiary alicyclic amines) is 1. The highest BCUT2D eigenvalue weighted by atomic mass is 32.2. The van der Waals surface area contributed by atoms with Crippen molar-refractivity contribution in [2.75, 3.05) is 39.0 Å². The summed E-state index contributed by atoms with van der Waals surface area (Å²) in [4.78, 5) is 37.4. The van der Waals surface area contributed by atoms with Crippen molar-refractivity contribution in [3.05, 3.63) is 36.2 Å². The van der Waals surface area contributed by atoms with Gasteiger partial charge in [0, 0.05) is 37.0 Å². The van der Waals surface area contributed by atoms with Crippen LogP contribution in [0.1, 0.15) is 45.3 Å². The number of likely N-dealkylation sites (N-methyl/N-ethyl adjacent to an activating group) is 1. The van der Waals surface area contributed by atoms with E-state index >= 15 is 0 Å². The Hall–Kier alpha value is -2.17. The summed E-state index contributed by atoms with van der Waals surface area (Å²) in [5.41, 5.74) is -0.0654. The van der Waals surface area contributed by atoms with Crippen molar-refractivity contribution < 1.29 is 14.0 Å². The number of aromatic nitrogens is 2. The Kier molecular flexibility index (Phi) is 8.72. The number of carbonyl (C=O) groups is 2. The van der Waals surface area contributed by atoms with Gasteiger partial charge in [0.25, 0.3) is 0 Å². The van der Waals surface area contributed by atoms with E-state index in [1.807, 2.05) is 30.0 Å². The zero-order valence-corrected chi connectivity index (χ0v) is 21.6. The maximum atomic E-state index is 12.7. The van der Waals surface area contributed by atoms with Gasteiger partial charge >= 0.3 is 0 Å². The summed E-state index contributed by atoms with van der Waals surface area (Å²) < 4.78 is 6.82. The lowest BCUT2D eigenvalue weighted by Crippen LogP contribution is -2.40. The molecule has 2 aromatic heterocycles. The maximum Gasteiger partial charge on any atom is 0.246 e. The van der Waals surface area contributed by atoms with Gasteiger partial charge in [0.05, 0.1) is 22.4 Å². The second-order valence-electron chi connectivity index (χ2n) is 9.39. The quantitative estimate of drug-likeness (QED) is 0.440. The molecule has 2 amide bonds. The van der Waals surface area contributed by atoms with Crippen LogP contribution >= 0.6 is 23.1 Å². The number of oxazole rings is 1. The normalized spacial score (nSPS) is 15.5. The van der Waals surface area contributed by atoms with Gasteiger partial charge in [0.15, 0.2) is 5.13 Å². The van der Waals surface area contributed by atoms with Crippen LogP contribution in [0.25, 0.3) is 0 Å². The molecule has 3 rings (SSSR count). The molecule has 3 heterocycles. The predicted molar refractivity (Wildman–Crippen MR) is 133 cm³/mol. The molecule has 0 radical (unpaired) electrons. The second-order valence-corrected chi connectivity index (χ2v) is 11.7. The first-order valence-corrected chi connectivity index (χ1v) is 12.9. The first kappa shape index (κ1) is 25.5. The molecule has 1 N–H and O–H groups in total. The van der Waals surface area contributed by atoms with Crippen LogP contribution in [0.5, 0.6) is 0 Å². The van der Waals surface area contributed by atoms with Crippen LogP contribution in [0.4, 0.5) is 5.13 Å². The van der Waals surface area contributed by atoms with Gasteiger partial charge in [-0.25, -0.2) is 9.97 Å². The second kappa shape index (κ2) is 11.3. The van der Waals surface area contributed by atoms with Crippen LogP contribution < -0.4 is 5.32 Å². The molecule has 33 heavy (non-hydrogen) atoms. The molecule has 0 aromatic carbocycles. The number of rotatable bonds is 8. The van der Waals surface area contributed by atoms with Crippen molar-refractivity contribution >= 4 is 40.0 Å². The summed E-state index contributed by atoms with van der Waals surface area (Å²) in [6, 6.07) is 0. The molecule has 1 aliphatic rings. The number of hydrogen-bond donors (Lipinski definition) is 1. The molecule has 8 nitrogen and oxygen atoms in total. The molecule has 2 aromatic rings. The van der Waals surface area contributed by atoms with Crippen molar-refractivity contribution in [1.82, 2.24) is 19.8 Å². The molecular weight excluding hydrogens is 458 g/mol. The highest BCUT2D eigenvalue weighted by molar-refractivity contribution is 8.00. The molecular formula is C23H33N5O3S2. The van der Waals surface area contributed by atoms with Crippen molar-refractivity contribution in [2.45, 2.75) is 49.0 Å². The molecule has 0 spiro atoms. The van der Waals surface area contributed by atoms with Gasteiger partial charge in [-0.3, -0.25) is 9.59 Å². The molecule has 0 saturated carbocycles. The molecule has 10 heteroatoms. The van der Waals surface area contributed by atoms with E-state index in [1.165, 1.54) is 11.3 Å². The van der Waals surface area contributed by atoms with E-state index in [0.717, 1.165) is 16.5 Å². The topological polar surface area (TPSA) is 91.6 Å². The largest absolute Gasteiger partial charge is 0.444 e. The van der Waals surface area contributed by atoms with E-state index in [1.54, 1.807) is 30.2 Å². The number of amides is 2. The third-order valence-electron chi connectivity index (χ3n) is 5.25. The molecule has 1 fully saturated rings. The third kappa shape index (κ3) is 7.68. The summed E-state index contributed by atoms with van der Waals surface area (Å²) in [6.45, 7) is 8.19. The fourth-order valence-corrected chi connectivity index (χ4v) is 5.01. The number of nitrogens with zero attached hydrogens (tertiary/aromatic N) is 4. The number of thiazole rings is 1. The standard InChI is InChI=1S/C23H33N5O3S2/c1-23(2,3)17-13-24-18(31-17)15-32-20-14-25-22(33-20)26-21(30)16-8-11-28(12-9-16)19(29)7-6-10-27(4)5/h6-7,13-14,16H,8-12,15H2,1-5H3,(H,25,26,30). The van der Waals surface area contributed by atoms with Crippen LogP contribution in [0, 0.1) is 5.92 Å². The maximum absolute atomic E-state index is 12.7. The Morgan fingerprint density at radius 2 is 2.00 bits per heavy atom. The Bertz CT molecular complexity index is 969. The number of thioether (sulfide) groups is 1. The molecule has 1 saturated heterocycles. The molecule has 0 unspecified atom stereocenters. The summed E-state index contributed by atoms with van der Waals surface area (Å²) >= 11 is 3.03. The van der Waals surface area contributed by atoms with Gasteiger partial charge < -0.3 is 19.5 Å². The number of piperidine rings is 1. The van der Waals surface area contributed by atoms with Crippen molar-refractivity contribution in [1.29, 1.82) is 0 Å². The van der Waals surface area contributed by atoms with E-state index in [0.29, 0.717) is 42.7 Å². The summed E-state index contributed by atoms with van der Waals surface area (Å²) in [5.74, 6) is 2.04. The van der Waals surface area contributed by atoms with Gasteiger partial charge in [-0.15, -0.1) is 11.8 Å². The molecule has 0 bridgehead atoms. The third-order valence-corrected chi connectivity index (χ3v) is 7.35. The molecule has 0 aliphatic carbocycles. The van der Waals surface area contributed by atoms with E-state index in [-0.39, 0.29) is 23.1 Å². The number of anilines is 1. The SMILES string of the molecule is CN(C)CC=CC(=O)N1CCC(C(=O)Nc2ncc(SCc3ncc(C(C)(C)C)o3)s2)CC1. The van der Waals surface area contributed by atoms with Gasteiger partial charge in [0.2, 0.25) is 17.7 Å². The van der Waals surface area contributed by atoms with Gasteiger partial charge in [-0.1, -0.05) is 38.2 Å². The fraction of sp³-hybridized carbons (Fsp3) is 0.565. The number of carbonyl (C=O) groups excluding carboxylic acids is 2. The van der Waals surface area contributed by atoms with E-state index in [9.17, 15) is 9.59 Å².